The molecule has 0 saturated heterocycles. The number of carbonyl (C=O) groups is 3. The first-order valence-corrected chi connectivity index (χ1v) is 19.8. The van der Waals surface area contributed by atoms with Crippen LogP contribution in [0, 0.1) is 0 Å². The highest BCUT2D eigenvalue weighted by Gasteiger charge is 2.53. The number of carbonyl (C=O) groups excluding carboxylic acids is 4. The van der Waals surface area contributed by atoms with Crippen LogP contribution in [0.15, 0.2) is 77.8 Å². The van der Waals surface area contributed by atoms with E-state index in [1.807, 2.05) is 30.3 Å². The third kappa shape index (κ3) is 6.87. The molecule has 4 saturated carbocycles. The number of hydrogen-bond acceptors (Lipinski definition) is 8. The Morgan fingerprint density at radius 3 is 1.80 bits per heavy atom. The number of nitrogens with zero attached hydrogens (tertiary/aromatic N) is 1. The molecule has 4 aromatic carbocycles. The molecule has 0 aliphatic heterocycles. The number of methoxy groups -OCH3 is 2. The molecule has 2 spiro atoms. The van der Waals surface area contributed by atoms with Gasteiger partial charge in [0.15, 0.2) is 0 Å². The number of aliphatic imine (C=N–C) groups is 1. The van der Waals surface area contributed by atoms with Crippen LogP contribution in [0.25, 0.3) is 0 Å². The Balaban J connectivity index is 0.000000133. The second kappa shape index (κ2) is 15.1. The Labute approximate surface area is 327 Å². The van der Waals surface area contributed by atoms with Crippen LogP contribution < -0.4 is 25.8 Å². The predicted molar refractivity (Wildman–Crippen MR) is 216 cm³/mol. The van der Waals surface area contributed by atoms with Crippen molar-refractivity contribution in [1.82, 2.24) is 0 Å². The van der Waals surface area contributed by atoms with Crippen molar-refractivity contribution in [2.75, 3.05) is 30.6 Å². The van der Waals surface area contributed by atoms with Crippen molar-refractivity contribution in [3.05, 3.63) is 106 Å². The minimum Gasteiger partial charge on any atom is -0.495 e. The molecule has 0 unspecified atom stereocenters. The van der Waals surface area contributed by atoms with E-state index in [2.05, 4.69) is 33.8 Å². The number of Topliss-reactive ketones (excluding diaryl/α,β-unsaturated/α-hetero) is 2. The van der Waals surface area contributed by atoms with E-state index in [4.69, 9.17) is 15.2 Å². The van der Waals surface area contributed by atoms with E-state index in [0.29, 0.717) is 59.1 Å². The van der Waals surface area contributed by atoms with Crippen LogP contribution in [0.3, 0.4) is 0 Å². The number of nitrogens with one attached hydrogen (secondary N) is 2. The summed E-state index contributed by atoms with van der Waals surface area (Å²) >= 11 is 0. The minimum absolute atomic E-state index is 0.117. The van der Waals surface area contributed by atoms with Gasteiger partial charge in [0.1, 0.15) is 28.8 Å². The SMILES string of the molecule is COc1ccccc1N=C=O.COc1ccccc1NC(=O)Nc1cc(C2CC2)c2c(c1)C1(CCC1)C(=O)C2.Nc1cc(C2CC2)c2c(c1)C1(CCC1)C(=O)C2. The summed E-state index contributed by atoms with van der Waals surface area (Å²) in [5.74, 6) is 3.24. The molecule has 10 rings (SSSR count). The average molecular weight is 753 g/mol. The van der Waals surface area contributed by atoms with Crippen molar-refractivity contribution in [1.29, 1.82) is 0 Å². The fraction of sp³-hybridized carbons (Fsp3) is 0.391. The summed E-state index contributed by atoms with van der Waals surface area (Å²) in [6.07, 6.45) is 13.9. The Bertz CT molecular complexity index is 2260. The number of ketones is 2. The standard InChI is InChI=1S/C23H24N2O3.C15H17NO.C8H7NO2/c1-28-20-6-3-2-5-19(20)25-22(27)24-15-11-16(14-7-8-14)17-13-21(26)23(9-4-10-23)18(17)12-15;16-10-6-11(9-2-3-9)12-8-14(17)15(4-1-5-15)13(12)7-10;1-11-8-5-3-2-4-7(8)9-6-10/h2-3,5-6,11-12,14H,4,7-10,13H2,1H3,(H2,24,25,27);6-7,9H,1-5,8,16H2;2-5H,1H3. The van der Waals surface area contributed by atoms with E-state index >= 15 is 0 Å². The smallest absolute Gasteiger partial charge is 0.323 e. The molecule has 0 aromatic heterocycles. The van der Waals surface area contributed by atoms with Gasteiger partial charge in [-0.15, -0.1) is 0 Å². The van der Waals surface area contributed by atoms with Crippen LogP contribution in [-0.2, 0) is 38.1 Å². The number of hydrogen-bond donors (Lipinski definition) is 3. The van der Waals surface area contributed by atoms with Crippen LogP contribution in [0.1, 0.15) is 109 Å². The first-order chi connectivity index (χ1) is 27.2. The zero-order chi connectivity index (χ0) is 39.0. The van der Waals surface area contributed by atoms with Gasteiger partial charge in [-0.05, 0) is 145 Å². The lowest BCUT2D eigenvalue weighted by Gasteiger charge is -2.38. The van der Waals surface area contributed by atoms with Crippen molar-refractivity contribution in [3.8, 4) is 11.5 Å². The number of fused-ring (bicyclic) bond motifs is 4. The van der Waals surface area contributed by atoms with Gasteiger partial charge in [0.25, 0.3) is 0 Å². The Kier molecular flexibility index (Phi) is 10.0. The minimum atomic E-state index is -0.307. The lowest BCUT2D eigenvalue weighted by molar-refractivity contribution is -0.126. The second-order valence-electron chi connectivity index (χ2n) is 16.0. The maximum absolute atomic E-state index is 12.8. The number of isocyanates is 1. The monoisotopic (exact) mass is 752 g/mol. The van der Waals surface area contributed by atoms with E-state index in [-0.39, 0.29) is 16.9 Å². The van der Waals surface area contributed by atoms with Gasteiger partial charge in [-0.3, -0.25) is 9.59 Å². The number of benzene rings is 4. The average Bonchev–Trinajstić information content (AvgIpc) is 4.10. The number of anilines is 3. The first-order valence-electron chi connectivity index (χ1n) is 19.8. The molecule has 10 nitrogen and oxygen atoms in total. The zero-order valence-corrected chi connectivity index (χ0v) is 32.0. The van der Waals surface area contributed by atoms with Gasteiger partial charge in [-0.25, -0.2) is 9.59 Å². The van der Waals surface area contributed by atoms with Crippen LogP contribution in [-0.4, -0.2) is 37.9 Å². The molecule has 6 aliphatic rings. The number of urea groups is 1. The summed E-state index contributed by atoms with van der Waals surface area (Å²) in [6.45, 7) is 0. The quantitative estimate of drug-likeness (QED) is 0.0969. The largest absolute Gasteiger partial charge is 0.495 e. The maximum Gasteiger partial charge on any atom is 0.323 e. The summed E-state index contributed by atoms with van der Waals surface area (Å²) < 4.78 is 10.2. The van der Waals surface area contributed by atoms with E-state index < -0.39 is 0 Å². The number of rotatable bonds is 7. The van der Waals surface area contributed by atoms with Crippen molar-refractivity contribution in [2.45, 2.75) is 99.7 Å². The number of nitrogens with two attached hydrogens (primary N) is 1. The molecule has 2 amide bonds. The van der Waals surface area contributed by atoms with Gasteiger partial charge < -0.3 is 25.8 Å². The van der Waals surface area contributed by atoms with Gasteiger partial charge >= 0.3 is 6.03 Å². The Morgan fingerprint density at radius 1 is 0.732 bits per heavy atom. The Morgan fingerprint density at radius 2 is 1.27 bits per heavy atom. The fourth-order valence-corrected chi connectivity index (χ4v) is 9.17. The van der Waals surface area contributed by atoms with Crippen molar-refractivity contribution < 1.29 is 28.7 Å². The van der Waals surface area contributed by atoms with Crippen LogP contribution in [0.5, 0.6) is 11.5 Å². The molecule has 6 aliphatic carbocycles. The highest BCUT2D eigenvalue weighted by molar-refractivity contribution is 6.03. The van der Waals surface area contributed by atoms with Gasteiger partial charge in [0, 0.05) is 24.2 Å². The molecular formula is C46H48N4O6. The van der Waals surface area contributed by atoms with E-state index in [1.165, 1.54) is 78.7 Å². The van der Waals surface area contributed by atoms with Crippen molar-refractivity contribution >= 4 is 46.4 Å². The molecule has 56 heavy (non-hydrogen) atoms. The van der Waals surface area contributed by atoms with Gasteiger partial charge in [0.05, 0.1) is 30.7 Å². The van der Waals surface area contributed by atoms with Crippen molar-refractivity contribution in [2.24, 2.45) is 4.99 Å². The molecular weight excluding hydrogens is 705 g/mol. The molecule has 288 valence electrons. The van der Waals surface area contributed by atoms with Crippen LogP contribution in [0.2, 0.25) is 0 Å². The topological polar surface area (TPSA) is 149 Å². The molecule has 4 N–H and O–H groups in total. The van der Waals surface area contributed by atoms with Gasteiger partial charge in [-0.1, -0.05) is 37.1 Å². The highest BCUT2D eigenvalue weighted by Crippen LogP contribution is 2.56. The summed E-state index contributed by atoms with van der Waals surface area (Å²) in [4.78, 5) is 51.0. The van der Waals surface area contributed by atoms with Crippen LogP contribution in [0.4, 0.5) is 27.5 Å². The lowest BCUT2D eigenvalue weighted by Crippen LogP contribution is -2.39. The van der Waals surface area contributed by atoms with Crippen molar-refractivity contribution in [3.63, 3.8) is 0 Å². The molecule has 4 aromatic rings. The second-order valence-corrected chi connectivity index (χ2v) is 16.0. The van der Waals surface area contributed by atoms with Gasteiger partial charge in [-0.2, -0.15) is 4.99 Å². The zero-order valence-electron chi connectivity index (χ0n) is 32.0. The number of amides is 2. The summed E-state index contributed by atoms with van der Waals surface area (Å²) in [7, 11) is 3.11. The molecule has 10 heteroatoms. The predicted octanol–water partition coefficient (Wildman–Crippen LogP) is 9.12. The molecule has 0 radical (unpaired) electrons. The van der Waals surface area contributed by atoms with E-state index in [0.717, 1.165) is 43.5 Å². The fourth-order valence-electron chi connectivity index (χ4n) is 9.17. The highest BCUT2D eigenvalue weighted by atomic mass is 16.5. The summed E-state index contributed by atoms with van der Waals surface area (Å²) in [5.41, 5.74) is 16.1. The molecule has 4 fully saturated rings. The molecule has 0 bridgehead atoms. The Hall–Kier alpha value is -5.73. The van der Waals surface area contributed by atoms with Gasteiger partial charge in [0.2, 0.25) is 6.08 Å². The number of ether oxygens (including phenoxy) is 2. The molecule has 0 atom stereocenters. The normalized spacial score (nSPS) is 18.8. The third-order valence-electron chi connectivity index (χ3n) is 12.7. The third-order valence-corrected chi connectivity index (χ3v) is 12.7. The van der Waals surface area contributed by atoms with E-state index in [1.54, 1.807) is 31.4 Å². The number of para-hydroxylation sites is 4. The molecule has 0 heterocycles. The number of nitrogen functional groups attached to an aromatic ring is 1. The summed E-state index contributed by atoms with van der Waals surface area (Å²) in [6, 6.07) is 22.3. The maximum atomic E-state index is 12.8. The van der Waals surface area contributed by atoms with E-state index in [9.17, 15) is 19.2 Å². The van der Waals surface area contributed by atoms with Crippen LogP contribution >= 0.6 is 0 Å². The first kappa shape index (κ1) is 37.2. The lowest BCUT2D eigenvalue weighted by atomic mass is 9.64. The summed E-state index contributed by atoms with van der Waals surface area (Å²) in [5, 5.41) is 5.84.